The summed E-state index contributed by atoms with van der Waals surface area (Å²) in [4.78, 5) is 11.3. The maximum Gasteiger partial charge on any atom is 0.320 e. The minimum atomic E-state index is -0.766. The monoisotopic (exact) mass is 277 g/mol. The fourth-order valence-electron chi connectivity index (χ4n) is 2.04. The molecule has 0 fully saturated rings. The summed E-state index contributed by atoms with van der Waals surface area (Å²) in [7, 11) is 0. The standard InChI is InChI=1S/C17H27NO2/c1-12-6-7-14(10-13(12)2)11-18-15(16(19)20)8-9-17(3,4)5/h6-7,10,15,18H,8-9,11H2,1-5H3,(H,19,20)/t15-/m0/s1. The number of benzene rings is 1. The van der Waals surface area contributed by atoms with Crippen LogP contribution in [0.5, 0.6) is 0 Å². The second-order valence-electron chi connectivity index (χ2n) is 6.79. The molecule has 0 aliphatic carbocycles. The Morgan fingerprint density at radius 3 is 2.40 bits per heavy atom. The van der Waals surface area contributed by atoms with Crippen molar-refractivity contribution < 1.29 is 9.90 Å². The number of carboxylic acid groups (broad SMARTS) is 1. The van der Waals surface area contributed by atoms with Gasteiger partial charge in [-0.2, -0.15) is 0 Å². The van der Waals surface area contributed by atoms with Crippen LogP contribution in [-0.4, -0.2) is 17.1 Å². The number of hydrogen-bond donors (Lipinski definition) is 2. The van der Waals surface area contributed by atoms with Crippen molar-refractivity contribution in [2.75, 3.05) is 0 Å². The van der Waals surface area contributed by atoms with Gasteiger partial charge in [0.2, 0.25) is 0 Å². The highest BCUT2D eigenvalue weighted by Gasteiger charge is 2.20. The SMILES string of the molecule is Cc1ccc(CN[C@@H](CCC(C)(C)C)C(=O)O)cc1C. The van der Waals surface area contributed by atoms with E-state index in [1.54, 1.807) is 0 Å². The summed E-state index contributed by atoms with van der Waals surface area (Å²) in [5.74, 6) is -0.766. The molecule has 20 heavy (non-hydrogen) atoms. The van der Waals surface area contributed by atoms with Crippen LogP contribution in [0.1, 0.15) is 50.3 Å². The van der Waals surface area contributed by atoms with Crippen molar-refractivity contribution in [3.63, 3.8) is 0 Å². The summed E-state index contributed by atoms with van der Waals surface area (Å²) in [6, 6.07) is 5.77. The predicted molar refractivity (Wildman–Crippen MR) is 82.9 cm³/mol. The van der Waals surface area contributed by atoms with Gasteiger partial charge in [-0.1, -0.05) is 39.0 Å². The van der Waals surface area contributed by atoms with E-state index in [0.29, 0.717) is 13.0 Å². The van der Waals surface area contributed by atoms with Gasteiger partial charge in [0.15, 0.2) is 0 Å². The van der Waals surface area contributed by atoms with Crippen molar-refractivity contribution in [1.29, 1.82) is 0 Å². The first-order valence-electron chi connectivity index (χ1n) is 7.21. The molecule has 0 amide bonds. The van der Waals surface area contributed by atoms with Crippen molar-refractivity contribution in [3.8, 4) is 0 Å². The lowest BCUT2D eigenvalue weighted by Crippen LogP contribution is -2.37. The normalized spacial score (nSPS) is 13.2. The molecule has 0 aliphatic rings. The van der Waals surface area contributed by atoms with Gasteiger partial charge >= 0.3 is 5.97 Å². The van der Waals surface area contributed by atoms with Gasteiger partial charge in [0.1, 0.15) is 6.04 Å². The number of aliphatic carboxylic acids is 1. The van der Waals surface area contributed by atoms with Gasteiger partial charge < -0.3 is 10.4 Å². The van der Waals surface area contributed by atoms with Crippen molar-refractivity contribution in [1.82, 2.24) is 5.32 Å². The zero-order valence-electron chi connectivity index (χ0n) is 13.3. The highest BCUT2D eigenvalue weighted by atomic mass is 16.4. The molecule has 2 N–H and O–H groups in total. The molecule has 0 heterocycles. The fraction of sp³-hybridized carbons (Fsp3) is 0.588. The molecule has 1 atom stereocenters. The maximum atomic E-state index is 11.3. The maximum absolute atomic E-state index is 11.3. The Morgan fingerprint density at radius 2 is 1.90 bits per heavy atom. The largest absolute Gasteiger partial charge is 0.480 e. The summed E-state index contributed by atoms with van der Waals surface area (Å²) < 4.78 is 0. The van der Waals surface area contributed by atoms with Crippen LogP contribution in [0, 0.1) is 19.3 Å². The average Bonchev–Trinajstić information content (AvgIpc) is 2.31. The second kappa shape index (κ2) is 6.89. The van der Waals surface area contributed by atoms with Crippen LogP contribution in [-0.2, 0) is 11.3 Å². The van der Waals surface area contributed by atoms with Crippen molar-refractivity contribution in [2.45, 2.75) is 60.0 Å². The second-order valence-corrected chi connectivity index (χ2v) is 6.79. The number of rotatable bonds is 6. The molecule has 0 saturated carbocycles. The van der Waals surface area contributed by atoms with E-state index < -0.39 is 12.0 Å². The fourth-order valence-corrected chi connectivity index (χ4v) is 2.04. The van der Waals surface area contributed by atoms with Crippen LogP contribution in [0.3, 0.4) is 0 Å². The molecule has 1 rings (SSSR count). The van der Waals surface area contributed by atoms with E-state index >= 15 is 0 Å². The Labute approximate surface area is 122 Å². The average molecular weight is 277 g/mol. The minimum absolute atomic E-state index is 0.163. The first-order chi connectivity index (χ1) is 9.19. The molecule has 0 spiro atoms. The molecule has 1 aromatic carbocycles. The predicted octanol–water partition coefficient (Wildman–Crippen LogP) is 3.67. The lowest BCUT2D eigenvalue weighted by Gasteiger charge is -2.21. The van der Waals surface area contributed by atoms with Gasteiger partial charge in [0.25, 0.3) is 0 Å². The number of hydrogen-bond acceptors (Lipinski definition) is 2. The Hall–Kier alpha value is -1.35. The van der Waals surface area contributed by atoms with Gasteiger partial charge in [0, 0.05) is 6.54 Å². The van der Waals surface area contributed by atoms with Crippen LogP contribution in [0.4, 0.5) is 0 Å². The molecular weight excluding hydrogens is 250 g/mol. The summed E-state index contributed by atoms with van der Waals surface area (Å²) in [5.41, 5.74) is 3.80. The smallest absolute Gasteiger partial charge is 0.320 e. The van der Waals surface area contributed by atoms with E-state index in [9.17, 15) is 9.90 Å². The van der Waals surface area contributed by atoms with E-state index in [1.807, 2.05) is 0 Å². The Bertz CT molecular complexity index is 461. The summed E-state index contributed by atoms with van der Waals surface area (Å²) in [6.07, 6.45) is 1.55. The molecule has 0 aliphatic heterocycles. The van der Waals surface area contributed by atoms with Crippen LogP contribution >= 0.6 is 0 Å². The van der Waals surface area contributed by atoms with E-state index in [1.165, 1.54) is 11.1 Å². The van der Waals surface area contributed by atoms with Gasteiger partial charge in [-0.25, -0.2) is 0 Å². The lowest BCUT2D eigenvalue weighted by atomic mass is 9.88. The third kappa shape index (κ3) is 5.74. The molecule has 0 radical (unpaired) electrons. The molecule has 0 bridgehead atoms. The van der Waals surface area contributed by atoms with Gasteiger partial charge in [0.05, 0.1) is 0 Å². The molecule has 112 valence electrons. The Balaban J connectivity index is 2.58. The Kier molecular flexibility index (Phi) is 5.75. The molecule has 1 aromatic rings. The van der Waals surface area contributed by atoms with E-state index in [-0.39, 0.29) is 5.41 Å². The van der Waals surface area contributed by atoms with Crippen LogP contribution in [0.15, 0.2) is 18.2 Å². The van der Waals surface area contributed by atoms with E-state index in [2.05, 4.69) is 58.1 Å². The van der Waals surface area contributed by atoms with Crippen molar-refractivity contribution >= 4 is 5.97 Å². The third-order valence-electron chi connectivity index (χ3n) is 3.61. The first-order valence-corrected chi connectivity index (χ1v) is 7.21. The highest BCUT2D eigenvalue weighted by Crippen LogP contribution is 2.21. The van der Waals surface area contributed by atoms with E-state index in [0.717, 1.165) is 12.0 Å². The number of nitrogens with one attached hydrogen (secondary N) is 1. The van der Waals surface area contributed by atoms with Gasteiger partial charge in [-0.15, -0.1) is 0 Å². The van der Waals surface area contributed by atoms with Crippen LogP contribution in [0.25, 0.3) is 0 Å². The van der Waals surface area contributed by atoms with Crippen molar-refractivity contribution in [2.24, 2.45) is 5.41 Å². The van der Waals surface area contributed by atoms with Crippen molar-refractivity contribution in [3.05, 3.63) is 34.9 Å². The van der Waals surface area contributed by atoms with Crippen LogP contribution < -0.4 is 5.32 Å². The molecule has 0 aromatic heterocycles. The highest BCUT2D eigenvalue weighted by molar-refractivity contribution is 5.73. The third-order valence-corrected chi connectivity index (χ3v) is 3.61. The molecule has 3 nitrogen and oxygen atoms in total. The van der Waals surface area contributed by atoms with Crippen LogP contribution in [0.2, 0.25) is 0 Å². The number of carbonyl (C=O) groups is 1. The summed E-state index contributed by atoms with van der Waals surface area (Å²) >= 11 is 0. The van der Waals surface area contributed by atoms with Gasteiger partial charge in [-0.05, 0) is 48.8 Å². The molecule has 0 saturated heterocycles. The van der Waals surface area contributed by atoms with E-state index in [4.69, 9.17) is 0 Å². The van der Waals surface area contributed by atoms with Gasteiger partial charge in [-0.3, -0.25) is 4.79 Å². The topological polar surface area (TPSA) is 49.3 Å². The quantitative estimate of drug-likeness (QED) is 0.834. The summed E-state index contributed by atoms with van der Waals surface area (Å²) in [6.45, 7) is 11.2. The number of carboxylic acids is 1. The lowest BCUT2D eigenvalue weighted by molar-refractivity contribution is -0.139. The zero-order valence-corrected chi connectivity index (χ0v) is 13.3. The molecule has 0 unspecified atom stereocenters. The Morgan fingerprint density at radius 1 is 1.25 bits per heavy atom. The molecular formula is C17H27NO2. The first kappa shape index (κ1) is 16.7. The molecule has 3 heteroatoms. The minimum Gasteiger partial charge on any atom is -0.480 e. The summed E-state index contributed by atoms with van der Waals surface area (Å²) in [5, 5.41) is 12.4. The zero-order chi connectivity index (χ0) is 15.3. The number of aryl methyl sites for hydroxylation is 2.